The first-order valence-electron chi connectivity index (χ1n) is 8.76. The summed E-state index contributed by atoms with van der Waals surface area (Å²) in [6.45, 7) is 2.38. The second-order valence-corrected chi connectivity index (χ2v) is 6.18. The van der Waals surface area contributed by atoms with E-state index in [-0.39, 0.29) is 5.91 Å². The standard InChI is InChI=1S/C19H24N4O2/c1-25-16-7-5-6-15(14-16)10-11-20-18-9-8-17(21-22-18)19(24)23-12-3-2-4-13-23/h5-9,14H,2-4,10-13H2,1H3,(H,20,22). The van der Waals surface area contributed by atoms with Crippen molar-refractivity contribution >= 4 is 11.7 Å². The molecule has 132 valence electrons. The van der Waals surface area contributed by atoms with Gasteiger partial charge in [-0.3, -0.25) is 4.79 Å². The van der Waals surface area contributed by atoms with E-state index in [1.807, 2.05) is 29.2 Å². The zero-order valence-corrected chi connectivity index (χ0v) is 14.6. The fourth-order valence-electron chi connectivity index (χ4n) is 2.96. The van der Waals surface area contributed by atoms with Crippen LogP contribution in [0.1, 0.15) is 35.3 Å². The van der Waals surface area contributed by atoms with Gasteiger partial charge in [-0.15, -0.1) is 10.2 Å². The molecule has 0 bridgehead atoms. The molecule has 0 unspecified atom stereocenters. The normalized spacial score (nSPS) is 14.2. The predicted octanol–water partition coefficient (Wildman–Crippen LogP) is 2.77. The molecule has 0 saturated carbocycles. The van der Waals surface area contributed by atoms with Crippen molar-refractivity contribution < 1.29 is 9.53 Å². The molecule has 2 aromatic rings. The Bertz CT molecular complexity index is 697. The summed E-state index contributed by atoms with van der Waals surface area (Å²) in [4.78, 5) is 14.2. The highest BCUT2D eigenvalue weighted by molar-refractivity contribution is 5.92. The minimum atomic E-state index is -0.0184. The van der Waals surface area contributed by atoms with Crippen molar-refractivity contribution in [3.8, 4) is 5.75 Å². The second-order valence-electron chi connectivity index (χ2n) is 6.18. The molecule has 3 rings (SSSR count). The number of piperidine rings is 1. The molecule has 1 saturated heterocycles. The summed E-state index contributed by atoms with van der Waals surface area (Å²) in [6, 6.07) is 11.6. The number of nitrogens with one attached hydrogen (secondary N) is 1. The molecule has 0 spiro atoms. The van der Waals surface area contributed by atoms with Gasteiger partial charge in [0, 0.05) is 19.6 Å². The van der Waals surface area contributed by atoms with Crippen molar-refractivity contribution in [3.05, 3.63) is 47.7 Å². The van der Waals surface area contributed by atoms with Crippen LogP contribution in [0.4, 0.5) is 5.82 Å². The van der Waals surface area contributed by atoms with Crippen LogP contribution in [0.25, 0.3) is 0 Å². The number of nitrogens with zero attached hydrogens (tertiary/aromatic N) is 3. The molecular formula is C19H24N4O2. The number of hydrogen-bond donors (Lipinski definition) is 1. The number of rotatable bonds is 6. The lowest BCUT2D eigenvalue weighted by Crippen LogP contribution is -2.36. The Kier molecular flexibility index (Phi) is 5.82. The van der Waals surface area contributed by atoms with Crippen molar-refractivity contribution in [1.82, 2.24) is 15.1 Å². The molecule has 1 fully saturated rings. The number of likely N-dealkylation sites (tertiary alicyclic amines) is 1. The fraction of sp³-hybridized carbons (Fsp3) is 0.421. The van der Waals surface area contributed by atoms with Crippen LogP contribution in [0, 0.1) is 0 Å². The number of aromatic nitrogens is 2. The molecule has 6 heteroatoms. The summed E-state index contributed by atoms with van der Waals surface area (Å²) in [5.74, 6) is 1.52. The van der Waals surface area contributed by atoms with Crippen LogP contribution in [0.15, 0.2) is 36.4 Å². The van der Waals surface area contributed by atoms with Crippen molar-refractivity contribution in [1.29, 1.82) is 0 Å². The first kappa shape index (κ1) is 17.2. The second kappa shape index (κ2) is 8.46. The number of methoxy groups -OCH3 is 1. The summed E-state index contributed by atoms with van der Waals surface area (Å²) >= 11 is 0. The SMILES string of the molecule is COc1cccc(CCNc2ccc(C(=O)N3CCCCC3)nn2)c1. The van der Waals surface area contributed by atoms with E-state index in [1.54, 1.807) is 13.2 Å². The Labute approximate surface area is 148 Å². The Morgan fingerprint density at radius 2 is 2.00 bits per heavy atom. The number of benzene rings is 1. The summed E-state index contributed by atoms with van der Waals surface area (Å²) in [7, 11) is 1.67. The van der Waals surface area contributed by atoms with Gasteiger partial charge >= 0.3 is 0 Å². The Morgan fingerprint density at radius 3 is 2.72 bits per heavy atom. The Morgan fingerprint density at radius 1 is 1.16 bits per heavy atom. The average molecular weight is 340 g/mol. The van der Waals surface area contributed by atoms with E-state index in [2.05, 4.69) is 21.6 Å². The monoisotopic (exact) mass is 340 g/mol. The summed E-state index contributed by atoms with van der Waals surface area (Å²) in [5.41, 5.74) is 1.61. The van der Waals surface area contributed by atoms with Gasteiger partial charge in [0.1, 0.15) is 11.6 Å². The van der Waals surface area contributed by atoms with Crippen LogP contribution < -0.4 is 10.1 Å². The molecule has 1 aliphatic rings. The summed E-state index contributed by atoms with van der Waals surface area (Å²) < 4.78 is 5.23. The maximum absolute atomic E-state index is 12.4. The molecule has 0 radical (unpaired) electrons. The highest BCUT2D eigenvalue weighted by Gasteiger charge is 2.19. The molecule has 1 aromatic heterocycles. The molecule has 6 nitrogen and oxygen atoms in total. The maximum atomic E-state index is 12.4. The van der Waals surface area contributed by atoms with Crippen LogP contribution in [-0.4, -0.2) is 47.7 Å². The van der Waals surface area contributed by atoms with E-state index in [0.717, 1.165) is 44.6 Å². The molecule has 25 heavy (non-hydrogen) atoms. The van der Waals surface area contributed by atoms with Crippen molar-refractivity contribution in [2.75, 3.05) is 32.1 Å². The third-order valence-corrected chi connectivity index (χ3v) is 4.38. The van der Waals surface area contributed by atoms with Crippen LogP contribution in [0.2, 0.25) is 0 Å². The van der Waals surface area contributed by atoms with Gasteiger partial charge in [-0.05, 0) is 55.5 Å². The third kappa shape index (κ3) is 4.68. The number of carbonyl (C=O) groups excluding carboxylic acids is 1. The lowest BCUT2D eigenvalue weighted by molar-refractivity contribution is 0.0717. The zero-order valence-electron chi connectivity index (χ0n) is 14.6. The van der Waals surface area contributed by atoms with E-state index >= 15 is 0 Å². The number of carbonyl (C=O) groups is 1. The Hall–Kier alpha value is -2.63. The zero-order chi connectivity index (χ0) is 17.5. The van der Waals surface area contributed by atoms with Crippen LogP contribution in [0.5, 0.6) is 5.75 Å². The van der Waals surface area contributed by atoms with Gasteiger partial charge in [-0.1, -0.05) is 12.1 Å². The third-order valence-electron chi connectivity index (χ3n) is 4.38. The van der Waals surface area contributed by atoms with E-state index in [1.165, 1.54) is 12.0 Å². The predicted molar refractivity (Wildman–Crippen MR) is 97.0 cm³/mol. The van der Waals surface area contributed by atoms with Gasteiger partial charge in [0.05, 0.1) is 7.11 Å². The Balaban J connectivity index is 1.51. The molecule has 2 heterocycles. The molecule has 1 N–H and O–H groups in total. The minimum Gasteiger partial charge on any atom is -0.497 e. The first-order chi connectivity index (χ1) is 12.3. The van der Waals surface area contributed by atoms with Gasteiger partial charge in [0.2, 0.25) is 0 Å². The van der Waals surface area contributed by atoms with E-state index < -0.39 is 0 Å². The molecule has 1 aromatic carbocycles. The lowest BCUT2D eigenvalue weighted by atomic mass is 10.1. The minimum absolute atomic E-state index is 0.0184. The highest BCUT2D eigenvalue weighted by Crippen LogP contribution is 2.14. The van der Waals surface area contributed by atoms with E-state index in [4.69, 9.17) is 4.74 Å². The molecule has 1 aliphatic heterocycles. The van der Waals surface area contributed by atoms with E-state index in [9.17, 15) is 4.79 Å². The summed E-state index contributed by atoms with van der Waals surface area (Å²) in [5, 5.41) is 11.4. The molecule has 0 aliphatic carbocycles. The summed E-state index contributed by atoms with van der Waals surface area (Å²) in [6.07, 6.45) is 4.20. The quantitative estimate of drug-likeness (QED) is 0.876. The van der Waals surface area contributed by atoms with Crippen molar-refractivity contribution in [2.45, 2.75) is 25.7 Å². The first-order valence-corrected chi connectivity index (χ1v) is 8.76. The molecule has 1 amide bonds. The van der Waals surface area contributed by atoms with Crippen molar-refractivity contribution in [2.24, 2.45) is 0 Å². The topological polar surface area (TPSA) is 67.3 Å². The highest BCUT2D eigenvalue weighted by atomic mass is 16.5. The van der Waals surface area contributed by atoms with Gasteiger partial charge in [0.25, 0.3) is 5.91 Å². The number of amides is 1. The molecular weight excluding hydrogens is 316 g/mol. The average Bonchev–Trinajstić information content (AvgIpc) is 2.69. The smallest absolute Gasteiger partial charge is 0.274 e. The molecule has 0 atom stereocenters. The van der Waals surface area contributed by atoms with Gasteiger partial charge in [-0.2, -0.15) is 0 Å². The van der Waals surface area contributed by atoms with Gasteiger partial charge in [0.15, 0.2) is 5.69 Å². The van der Waals surface area contributed by atoms with Crippen LogP contribution in [0.3, 0.4) is 0 Å². The van der Waals surface area contributed by atoms with E-state index in [0.29, 0.717) is 11.5 Å². The fourth-order valence-corrected chi connectivity index (χ4v) is 2.96. The largest absolute Gasteiger partial charge is 0.497 e. The van der Waals surface area contributed by atoms with Gasteiger partial charge < -0.3 is 15.0 Å². The lowest BCUT2D eigenvalue weighted by Gasteiger charge is -2.26. The number of hydrogen-bond acceptors (Lipinski definition) is 5. The van der Waals surface area contributed by atoms with Crippen LogP contribution in [-0.2, 0) is 6.42 Å². The van der Waals surface area contributed by atoms with Crippen molar-refractivity contribution in [3.63, 3.8) is 0 Å². The number of ether oxygens (including phenoxy) is 1. The number of anilines is 1. The maximum Gasteiger partial charge on any atom is 0.274 e. The van der Waals surface area contributed by atoms with Gasteiger partial charge in [-0.25, -0.2) is 0 Å². The van der Waals surface area contributed by atoms with Crippen LogP contribution >= 0.6 is 0 Å².